The monoisotopic (exact) mass is 249 g/mol. The predicted octanol–water partition coefficient (Wildman–Crippen LogP) is 3.66. The number of nitrogens with one attached hydrogen (secondary N) is 2. The van der Waals surface area contributed by atoms with Gasteiger partial charge in [0.05, 0.1) is 0 Å². The zero-order valence-electron chi connectivity index (χ0n) is 9.01. The van der Waals surface area contributed by atoms with Crippen LogP contribution in [0.5, 0.6) is 0 Å². The first-order valence-corrected chi connectivity index (χ1v) is 5.52. The van der Waals surface area contributed by atoms with Gasteiger partial charge in [0.25, 0.3) is 0 Å². The van der Waals surface area contributed by atoms with Gasteiger partial charge in [0, 0.05) is 22.7 Å². The lowest BCUT2D eigenvalue weighted by Crippen LogP contribution is -1.86. The summed E-state index contributed by atoms with van der Waals surface area (Å²) in [7, 11) is 0. The summed E-state index contributed by atoms with van der Waals surface area (Å²) < 4.78 is 14.2. The molecule has 2 N–H and O–H groups in total. The Bertz CT molecular complexity index is 699. The van der Waals surface area contributed by atoms with Crippen LogP contribution in [0, 0.1) is 12.7 Å². The minimum Gasteiger partial charge on any atom is -0.361 e. The average Bonchev–Trinajstić information content (AvgIpc) is 2.86. The van der Waals surface area contributed by atoms with Gasteiger partial charge in [-0.15, -0.1) is 0 Å². The van der Waals surface area contributed by atoms with Gasteiger partial charge in [-0.1, -0.05) is 11.6 Å². The fourth-order valence-corrected chi connectivity index (χ4v) is 2.20. The third-order valence-corrected chi connectivity index (χ3v) is 2.98. The molecule has 0 saturated heterocycles. The maximum atomic E-state index is 14.2. The molecule has 5 heteroatoms. The van der Waals surface area contributed by atoms with Gasteiger partial charge in [0.15, 0.2) is 0 Å². The van der Waals surface area contributed by atoms with Gasteiger partial charge >= 0.3 is 0 Å². The summed E-state index contributed by atoms with van der Waals surface area (Å²) >= 11 is 5.98. The molecule has 3 nitrogen and oxygen atoms in total. The molecule has 0 fully saturated rings. The number of aryl methyl sites for hydroxylation is 1. The van der Waals surface area contributed by atoms with Gasteiger partial charge in [0.1, 0.15) is 22.5 Å². The number of hydrogen-bond acceptors (Lipinski definition) is 1. The first-order valence-electron chi connectivity index (χ1n) is 5.15. The molecular weight excluding hydrogens is 241 g/mol. The van der Waals surface area contributed by atoms with Gasteiger partial charge in [-0.05, 0) is 25.1 Å². The number of halogens is 2. The molecule has 0 aliphatic carbocycles. The SMILES string of the molecule is Cc1nc(-c2ccc3[nH]ccc3c2F)c(Cl)[nH]1. The molecule has 2 aromatic heterocycles. The van der Waals surface area contributed by atoms with E-state index >= 15 is 0 Å². The number of fused-ring (bicyclic) bond motifs is 1. The van der Waals surface area contributed by atoms with Crippen LogP contribution in [-0.4, -0.2) is 15.0 Å². The van der Waals surface area contributed by atoms with Crippen LogP contribution in [-0.2, 0) is 0 Å². The van der Waals surface area contributed by atoms with E-state index in [1.165, 1.54) is 0 Å². The summed E-state index contributed by atoms with van der Waals surface area (Å²) in [4.78, 5) is 10.0. The van der Waals surface area contributed by atoms with Crippen LogP contribution in [0.1, 0.15) is 5.82 Å². The smallest absolute Gasteiger partial charge is 0.142 e. The van der Waals surface area contributed by atoms with E-state index in [0.29, 0.717) is 27.6 Å². The van der Waals surface area contributed by atoms with Crippen molar-refractivity contribution in [1.29, 1.82) is 0 Å². The molecule has 0 aliphatic heterocycles. The molecule has 3 aromatic rings. The molecule has 0 radical (unpaired) electrons. The molecule has 0 saturated carbocycles. The third-order valence-electron chi connectivity index (χ3n) is 2.70. The average molecular weight is 250 g/mol. The first-order chi connectivity index (χ1) is 8.16. The number of rotatable bonds is 1. The van der Waals surface area contributed by atoms with Crippen molar-refractivity contribution in [3.8, 4) is 11.3 Å². The van der Waals surface area contributed by atoms with Crippen LogP contribution in [0.4, 0.5) is 4.39 Å². The van der Waals surface area contributed by atoms with Crippen molar-refractivity contribution < 1.29 is 4.39 Å². The number of hydrogen-bond donors (Lipinski definition) is 2. The van der Waals surface area contributed by atoms with Gasteiger partial charge in [-0.2, -0.15) is 0 Å². The van der Waals surface area contributed by atoms with Crippen molar-refractivity contribution in [1.82, 2.24) is 15.0 Å². The summed E-state index contributed by atoms with van der Waals surface area (Å²) in [5.74, 6) is 0.357. The van der Waals surface area contributed by atoms with Crippen LogP contribution in [0.25, 0.3) is 22.2 Å². The molecule has 3 rings (SSSR count). The second kappa shape index (κ2) is 3.60. The van der Waals surface area contributed by atoms with Crippen LogP contribution in [0.3, 0.4) is 0 Å². The van der Waals surface area contributed by atoms with E-state index in [1.54, 1.807) is 25.3 Å². The molecule has 0 amide bonds. The number of nitrogens with zero attached hydrogens (tertiary/aromatic N) is 1. The third kappa shape index (κ3) is 1.52. The number of benzene rings is 1. The van der Waals surface area contributed by atoms with Crippen LogP contribution < -0.4 is 0 Å². The predicted molar refractivity (Wildman–Crippen MR) is 65.6 cm³/mol. The zero-order chi connectivity index (χ0) is 12.0. The topological polar surface area (TPSA) is 44.5 Å². The Kier molecular flexibility index (Phi) is 2.19. The maximum absolute atomic E-state index is 14.2. The molecule has 0 unspecified atom stereocenters. The molecule has 86 valence electrons. The normalized spacial score (nSPS) is 11.2. The highest BCUT2D eigenvalue weighted by molar-refractivity contribution is 6.32. The molecule has 0 spiro atoms. The van der Waals surface area contributed by atoms with Gasteiger partial charge < -0.3 is 9.97 Å². The first kappa shape index (κ1) is 10.4. The van der Waals surface area contributed by atoms with Crippen molar-refractivity contribution in [2.75, 3.05) is 0 Å². The second-order valence-electron chi connectivity index (χ2n) is 3.85. The van der Waals surface area contributed by atoms with Crippen molar-refractivity contribution in [2.24, 2.45) is 0 Å². The molecule has 0 bridgehead atoms. The number of H-pyrrole nitrogens is 2. The summed E-state index contributed by atoms with van der Waals surface area (Å²) in [6.07, 6.45) is 1.70. The lowest BCUT2D eigenvalue weighted by molar-refractivity contribution is 0.643. The van der Waals surface area contributed by atoms with Crippen molar-refractivity contribution >= 4 is 22.5 Å². The minimum atomic E-state index is -0.308. The quantitative estimate of drug-likeness (QED) is 0.679. The highest BCUT2D eigenvalue weighted by Crippen LogP contribution is 2.31. The highest BCUT2D eigenvalue weighted by atomic mass is 35.5. The van der Waals surface area contributed by atoms with Crippen molar-refractivity contribution in [2.45, 2.75) is 6.92 Å². The Morgan fingerprint density at radius 2 is 2.12 bits per heavy atom. The standard InChI is InChI=1S/C12H9ClFN3/c1-6-16-11(12(13)17-6)8-2-3-9-7(10(8)14)4-5-15-9/h2-5,15H,1H3,(H,16,17). The van der Waals surface area contributed by atoms with E-state index in [1.807, 2.05) is 6.07 Å². The van der Waals surface area contributed by atoms with E-state index < -0.39 is 0 Å². The fourth-order valence-electron chi connectivity index (χ4n) is 1.92. The van der Waals surface area contributed by atoms with Crippen molar-refractivity contribution in [3.05, 3.63) is 41.2 Å². The summed E-state index contributed by atoms with van der Waals surface area (Å²) in [6, 6.07) is 5.19. The minimum absolute atomic E-state index is 0.308. The van der Waals surface area contributed by atoms with Crippen molar-refractivity contribution in [3.63, 3.8) is 0 Å². The lowest BCUT2D eigenvalue weighted by atomic mass is 10.1. The summed E-state index contributed by atoms with van der Waals surface area (Å²) in [6.45, 7) is 1.78. The van der Waals surface area contributed by atoms with Gasteiger partial charge in [0.2, 0.25) is 0 Å². The van der Waals surface area contributed by atoms with E-state index in [-0.39, 0.29) is 5.82 Å². The van der Waals surface area contributed by atoms with Crippen LogP contribution >= 0.6 is 11.6 Å². The Labute approximate surface area is 102 Å². The van der Waals surface area contributed by atoms with E-state index in [0.717, 1.165) is 5.52 Å². The number of aromatic nitrogens is 3. The molecule has 1 aromatic carbocycles. The molecule has 0 atom stereocenters. The Balaban J connectivity index is 2.30. The van der Waals surface area contributed by atoms with Gasteiger partial charge in [-0.25, -0.2) is 9.37 Å². The van der Waals surface area contributed by atoms with Crippen LogP contribution in [0.15, 0.2) is 24.4 Å². The number of aromatic amines is 2. The Morgan fingerprint density at radius 1 is 1.29 bits per heavy atom. The van der Waals surface area contributed by atoms with E-state index in [9.17, 15) is 4.39 Å². The highest BCUT2D eigenvalue weighted by Gasteiger charge is 2.15. The maximum Gasteiger partial charge on any atom is 0.142 e. The lowest BCUT2D eigenvalue weighted by Gasteiger charge is -2.01. The fraction of sp³-hybridized carbons (Fsp3) is 0.0833. The van der Waals surface area contributed by atoms with Crippen LogP contribution in [0.2, 0.25) is 5.15 Å². The molecule has 17 heavy (non-hydrogen) atoms. The molecule has 2 heterocycles. The van der Waals surface area contributed by atoms with E-state index in [2.05, 4.69) is 15.0 Å². The van der Waals surface area contributed by atoms with Gasteiger partial charge in [-0.3, -0.25) is 0 Å². The largest absolute Gasteiger partial charge is 0.361 e. The summed E-state index contributed by atoms with van der Waals surface area (Å²) in [5, 5.41) is 0.899. The zero-order valence-corrected chi connectivity index (χ0v) is 9.77. The Hall–Kier alpha value is -1.81. The molecule has 0 aliphatic rings. The second-order valence-corrected chi connectivity index (χ2v) is 4.23. The number of imidazole rings is 1. The van der Waals surface area contributed by atoms with E-state index in [4.69, 9.17) is 11.6 Å². The summed E-state index contributed by atoms with van der Waals surface area (Å²) in [5.41, 5.74) is 1.62. The Morgan fingerprint density at radius 3 is 2.82 bits per heavy atom. The molecular formula is C12H9ClFN3.